The van der Waals surface area contributed by atoms with Gasteiger partial charge in [0.05, 0.1) is 13.1 Å². The van der Waals surface area contributed by atoms with E-state index in [4.69, 9.17) is 6.42 Å². The van der Waals surface area contributed by atoms with Crippen LogP contribution in [0.2, 0.25) is 0 Å². The molecule has 0 spiro atoms. The topological polar surface area (TPSA) is 36.4 Å². The van der Waals surface area contributed by atoms with Crippen molar-refractivity contribution in [3.63, 3.8) is 0 Å². The molecule has 20 heavy (non-hydrogen) atoms. The summed E-state index contributed by atoms with van der Waals surface area (Å²) in [5, 5.41) is 8.75. The van der Waals surface area contributed by atoms with Crippen LogP contribution in [-0.4, -0.2) is 19.0 Å². The van der Waals surface area contributed by atoms with Crippen molar-refractivity contribution in [3.8, 4) is 12.3 Å². The molecule has 0 fully saturated rings. The minimum absolute atomic E-state index is 0.474. The molecule has 0 saturated carbocycles. The molecular weight excluding hydrogens is 246 g/mol. The van der Waals surface area contributed by atoms with E-state index in [9.17, 15) is 0 Å². The van der Waals surface area contributed by atoms with Crippen LogP contribution < -0.4 is 10.6 Å². The van der Waals surface area contributed by atoms with Gasteiger partial charge in [-0.25, -0.2) is 4.99 Å². The first-order valence-electron chi connectivity index (χ1n) is 6.77. The highest BCUT2D eigenvalue weighted by atomic mass is 15.2. The molecule has 2 aromatic carbocycles. The number of guanidine groups is 1. The van der Waals surface area contributed by atoms with E-state index >= 15 is 0 Å². The summed E-state index contributed by atoms with van der Waals surface area (Å²) in [5.74, 6) is 3.30. The lowest BCUT2D eigenvalue weighted by atomic mass is 10.1. The molecule has 0 bridgehead atoms. The van der Waals surface area contributed by atoms with Crippen LogP contribution in [0.4, 0.5) is 0 Å². The van der Waals surface area contributed by atoms with Crippen LogP contribution in [0, 0.1) is 12.3 Å². The third kappa shape index (κ3) is 3.52. The first-order chi connectivity index (χ1) is 9.85. The second-order valence-electron chi connectivity index (χ2n) is 4.39. The predicted octanol–water partition coefficient (Wildman–Crippen LogP) is 2.53. The first-order valence-corrected chi connectivity index (χ1v) is 6.77. The molecule has 0 aliphatic carbocycles. The molecule has 3 nitrogen and oxygen atoms in total. The van der Waals surface area contributed by atoms with Crippen molar-refractivity contribution in [1.29, 1.82) is 0 Å². The van der Waals surface area contributed by atoms with Crippen LogP contribution in [0.3, 0.4) is 0 Å². The van der Waals surface area contributed by atoms with Crippen molar-refractivity contribution in [3.05, 3.63) is 48.0 Å². The monoisotopic (exact) mass is 265 g/mol. The maximum atomic E-state index is 5.26. The molecule has 0 unspecified atom stereocenters. The number of nitrogens with one attached hydrogen (secondary N) is 2. The lowest BCUT2D eigenvalue weighted by Gasteiger charge is -2.09. The summed E-state index contributed by atoms with van der Waals surface area (Å²) in [7, 11) is 0. The fourth-order valence-corrected chi connectivity index (χ4v) is 2.07. The molecule has 0 saturated heterocycles. The third-order valence-electron chi connectivity index (χ3n) is 2.99. The Bertz CT molecular complexity index is 633. The number of hydrogen-bond donors (Lipinski definition) is 2. The summed E-state index contributed by atoms with van der Waals surface area (Å²) in [6, 6.07) is 14.6. The smallest absolute Gasteiger partial charge is 0.192 e. The molecule has 0 aliphatic heterocycles. The lowest BCUT2D eigenvalue weighted by Crippen LogP contribution is -2.37. The molecule has 0 atom stereocenters. The van der Waals surface area contributed by atoms with Gasteiger partial charge in [0, 0.05) is 6.54 Å². The molecule has 0 aliphatic rings. The van der Waals surface area contributed by atoms with E-state index in [0.717, 1.165) is 12.5 Å². The van der Waals surface area contributed by atoms with Crippen LogP contribution in [0.25, 0.3) is 10.8 Å². The summed E-state index contributed by atoms with van der Waals surface area (Å²) in [5.41, 5.74) is 1.21. The van der Waals surface area contributed by atoms with Crippen molar-refractivity contribution in [2.45, 2.75) is 13.5 Å². The number of terminal acetylenes is 1. The van der Waals surface area contributed by atoms with Gasteiger partial charge in [0.1, 0.15) is 0 Å². The van der Waals surface area contributed by atoms with Crippen molar-refractivity contribution in [1.82, 2.24) is 10.6 Å². The zero-order valence-electron chi connectivity index (χ0n) is 11.7. The Morgan fingerprint density at radius 2 is 1.95 bits per heavy atom. The number of hydrogen-bond acceptors (Lipinski definition) is 1. The Kier molecular flexibility index (Phi) is 5.02. The SMILES string of the molecule is C#CCNC(=NCc1cccc2ccccc12)NCC. The van der Waals surface area contributed by atoms with Gasteiger partial charge in [-0.05, 0) is 23.3 Å². The highest BCUT2D eigenvalue weighted by Crippen LogP contribution is 2.18. The molecule has 0 heterocycles. The van der Waals surface area contributed by atoms with E-state index in [1.807, 2.05) is 13.0 Å². The van der Waals surface area contributed by atoms with Crippen molar-refractivity contribution in [2.24, 2.45) is 4.99 Å². The second-order valence-corrected chi connectivity index (χ2v) is 4.39. The first kappa shape index (κ1) is 14.0. The molecule has 2 N–H and O–H groups in total. The molecule has 0 aromatic heterocycles. The Morgan fingerprint density at radius 3 is 2.75 bits per heavy atom. The predicted molar refractivity (Wildman–Crippen MR) is 85.6 cm³/mol. The maximum Gasteiger partial charge on any atom is 0.192 e. The standard InChI is InChI=1S/C17H19N3/c1-3-12-19-17(18-4-2)20-13-15-10-7-9-14-8-5-6-11-16(14)15/h1,5-11H,4,12-13H2,2H3,(H2,18,19,20). The van der Waals surface area contributed by atoms with Gasteiger partial charge in [0.2, 0.25) is 0 Å². The van der Waals surface area contributed by atoms with E-state index in [2.05, 4.69) is 57.9 Å². The van der Waals surface area contributed by atoms with Gasteiger partial charge < -0.3 is 10.6 Å². The maximum absolute atomic E-state index is 5.26. The normalized spacial score (nSPS) is 11.1. The number of rotatable bonds is 4. The van der Waals surface area contributed by atoms with Gasteiger partial charge in [0.25, 0.3) is 0 Å². The quantitative estimate of drug-likeness (QED) is 0.506. The fraction of sp³-hybridized carbons (Fsp3) is 0.235. The fourth-order valence-electron chi connectivity index (χ4n) is 2.07. The Labute approximate surface area is 120 Å². The molecule has 2 aromatic rings. The third-order valence-corrected chi connectivity index (χ3v) is 2.99. The number of nitrogens with zero attached hydrogens (tertiary/aromatic N) is 1. The van der Waals surface area contributed by atoms with Gasteiger partial charge in [-0.3, -0.25) is 0 Å². The molecule has 3 heteroatoms. The zero-order valence-corrected chi connectivity index (χ0v) is 11.7. The van der Waals surface area contributed by atoms with E-state index in [1.54, 1.807) is 0 Å². The van der Waals surface area contributed by atoms with Crippen LogP contribution in [0.1, 0.15) is 12.5 Å². The Balaban J connectivity index is 2.20. The number of benzene rings is 2. The molecule has 102 valence electrons. The van der Waals surface area contributed by atoms with Gasteiger partial charge in [-0.15, -0.1) is 6.42 Å². The number of aliphatic imine (C=N–C) groups is 1. The average Bonchev–Trinajstić information content (AvgIpc) is 2.50. The van der Waals surface area contributed by atoms with Crippen LogP contribution in [0.15, 0.2) is 47.5 Å². The van der Waals surface area contributed by atoms with Crippen LogP contribution in [0.5, 0.6) is 0 Å². The van der Waals surface area contributed by atoms with Crippen molar-refractivity contribution < 1.29 is 0 Å². The van der Waals surface area contributed by atoms with E-state index in [0.29, 0.717) is 13.1 Å². The highest BCUT2D eigenvalue weighted by Gasteiger charge is 2.00. The summed E-state index contributed by atoms with van der Waals surface area (Å²) >= 11 is 0. The lowest BCUT2D eigenvalue weighted by molar-refractivity contribution is 0.866. The molecule has 0 radical (unpaired) electrons. The average molecular weight is 265 g/mol. The Morgan fingerprint density at radius 1 is 1.15 bits per heavy atom. The van der Waals surface area contributed by atoms with E-state index < -0.39 is 0 Å². The van der Waals surface area contributed by atoms with Crippen LogP contribution >= 0.6 is 0 Å². The summed E-state index contributed by atoms with van der Waals surface area (Å²) in [6.45, 7) is 3.94. The van der Waals surface area contributed by atoms with Crippen molar-refractivity contribution in [2.75, 3.05) is 13.1 Å². The summed E-state index contributed by atoms with van der Waals surface area (Å²) < 4.78 is 0. The Hall–Kier alpha value is -2.47. The minimum Gasteiger partial charge on any atom is -0.357 e. The van der Waals surface area contributed by atoms with Crippen LogP contribution in [-0.2, 0) is 6.54 Å². The molecule has 0 amide bonds. The van der Waals surface area contributed by atoms with Gasteiger partial charge in [0.15, 0.2) is 5.96 Å². The second kappa shape index (κ2) is 7.20. The number of fused-ring (bicyclic) bond motifs is 1. The van der Waals surface area contributed by atoms with Gasteiger partial charge >= 0.3 is 0 Å². The molecular formula is C17H19N3. The van der Waals surface area contributed by atoms with Crippen molar-refractivity contribution >= 4 is 16.7 Å². The highest BCUT2D eigenvalue weighted by molar-refractivity contribution is 5.86. The molecule has 2 rings (SSSR count). The van der Waals surface area contributed by atoms with Gasteiger partial charge in [-0.2, -0.15) is 0 Å². The minimum atomic E-state index is 0.474. The van der Waals surface area contributed by atoms with E-state index in [-0.39, 0.29) is 0 Å². The largest absolute Gasteiger partial charge is 0.357 e. The zero-order chi connectivity index (χ0) is 14.2. The summed E-state index contributed by atoms with van der Waals surface area (Å²) in [6.07, 6.45) is 5.26. The summed E-state index contributed by atoms with van der Waals surface area (Å²) in [4.78, 5) is 4.57. The van der Waals surface area contributed by atoms with Gasteiger partial charge in [-0.1, -0.05) is 48.4 Å². The van der Waals surface area contributed by atoms with E-state index in [1.165, 1.54) is 16.3 Å².